The van der Waals surface area contributed by atoms with Gasteiger partial charge in [0.15, 0.2) is 0 Å². The molecule has 0 aliphatic heterocycles. The van der Waals surface area contributed by atoms with Gasteiger partial charge in [0.1, 0.15) is 11.5 Å². The van der Waals surface area contributed by atoms with Crippen LogP contribution in [-0.2, 0) is 4.79 Å². The van der Waals surface area contributed by atoms with Crippen molar-refractivity contribution < 1.29 is 37.7 Å². The second kappa shape index (κ2) is 8.94. The molecule has 0 aliphatic carbocycles. The van der Waals surface area contributed by atoms with Gasteiger partial charge in [-0.3, -0.25) is 14.2 Å². The smallest absolute Gasteiger partial charge is 0.508 e. The molecule has 1 unspecified atom stereocenters. The summed E-state index contributed by atoms with van der Waals surface area (Å²) in [7, 11) is 0. The molecule has 170 valence electrons. The topological polar surface area (TPSA) is 88.8 Å². The summed E-state index contributed by atoms with van der Waals surface area (Å²) in [6.45, 7) is 3.56. The molecule has 32 heavy (non-hydrogen) atoms. The lowest BCUT2D eigenvalue weighted by molar-refractivity contribution is -0.274. The summed E-state index contributed by atoms with van der Waals surface area (Å²) in [5.74, 6) is -2.99. The quantitative estimate of drug-likeness (QED) is 0.490. The Balaban J connectivity index is 2.11. The van der Waals surface area contributed by atoms with Crippen molar-refractivity contribution in [3.8, 4) is 11.5 Å². The van der Waals surface area contributed by atoms with E-state index in [0.29, 0.717) is 35.0 Å². The van der Waals surface area contributed by atoms with Crippen LogP contribution in [0.1, 0.15) is 53.7 Å². The average Bonchev–Trinajstić information content (AvgIpc) is 2.98. The highest BCUT2D eigenvalue weighted by atomic mass is 19.4. The first-order chi connectivity index (χ1) is 15.0. The first-order valence-electron chi connectivity index (χ1n) is 10.0. The van der Waals surface area contributed by atoms with Gasteiger partial charge in [0.05, 0.1) is 11.4 Å². The summed E-state index contributed by atoms with van der Waals surface area (Å²) in [4.78, 5) is 25.3. The van der Waals surface area contributed by atoms with Crippen LogP contribution in [0.4, 0.5) is 13.2 Å². The van der Waals surface area contributed by atoms with Gasteiger partial charge in [-0.15, -0.1) is 13.2 Å². The maximum atomic E-state index is 13.3. The number of alkyl halides is 3. The van der Waals surface area contributed by atoms with E-state index in [9.17, 15) is 33.0 Å². The van der Waals surface area contributed by atoms with Crippen molar-refractivity contribution in [2.75, 3.05) is 0 Å². The van der Waals surface area contributed by atoms with Gasteiger partial charge in [-0.05, 0) is 61.4 Å². The number of ether oxygens (including phenoxy) is 1. The number of carbonyl (C=O) groups is 2. The van der Waals surface area contributed by atoms with Crippen molar-refractivity contribution in [2.45, 2.75) is 45.4 Å². The fourth-order valence-electron chi connectivity index (χ4n) is 3.86. The second-order valence-corrected chi connectivity index (χ2v) is 7.45. The van der Waals surface area contributed by atoms with Crippen molar-refractivity contribution in [2.24, 2.45) is 0 Å². The van der Waals surface area contributed by atoms with E-state index in [4.69, 9.17) is 0 Å². The van der Waals surface area contributed by atoms with E-state index in [2.05, 4.69) is 4.74 Å². The van der Waals surface area contributed by atoms with Crippen LogP contribution in [0.3, 0.4) is 0 Å². The van der Waals surface area contributed by atoms with Gasteiger partial charge in [0, 0.05) is 16.6 Å². The summed E-state index contributed by atoms with van der Waals surface area (Å²) in [5.41, 5.74) is 1.33. The molecule has 0 bridgehead atoms. The molecule has 9 heteroatoms. The number of hydrogen-bond acceptors (Lipinski definition) is 4. The van der Waals surface area contributed by atoms with Crippen molar-refractivity contribution in [3.63, 3.8) is 0 Å². The zero-order valence-electron chi connectivity index (χ0n) is 17.4. The largest absolute Gasteiger partial charge is 0.573 e. The number of phenolic OH excluding ortho intramolecular Hbond substituents is 1. The van der Waals surface area contributed by atoms with Crippen LogP contribution in [0, 0.1) is 6.92 Å². The lowest BCUT2D eigenvalue weighted by Gasteiger charge is -2.14. The molecule has 0 aliphatic rings. The van der Waals surface area contributed by atoms with Crippen molar-refractivity contribution in [1.29, 1.82) is 0 Å². The highest BCUT2D eigenvalue weighted by Gasteiger charge is 2.32. The minimum absolute atomic E-state index is 0.0726. The monoisotopic (exact) mass is 449 g/mol. The predicted molar refractivity (Wildman–Crippen MR) is 111 cm³/mol. The maximum Gasteiger partial charge on any atom is 0.573 e. The Morgan fingerprint density at radius 2 is 1.78 bits per heavy atom. The number of halogens is 3. The van der Waals surface area contributed by atoms with Crippen LogP contribution < -0.4 is 4.74 Å². The minimum Gasteiger partial charge on any atom is -0.508 e. The van der Waals surface area contributed by atoms with E-state index in [1.165, 1.54) is 34.9 Å². The summed E-state index contributed by atoms with van der Waals surface area (Å²) in [6, 6.07) is 8.81. The van der Waals surface area contributed by atoms with E-state index >= 15 is 0 Å². The molecule has 3 rings (SSSR count). The summed E-state index contributed by atoms with van der Waals surface area (Å²) in [5, 5.41) is 20.3. The molecule has 1 heterocycles. The predicted octanol–water partition coefficient (Wildman–Crippen LogP) is 5.60. The minimum atomic E-state index is -4.85. The normalized spacial score (nSPS) is 12.7. The zero-order valence-corrected chi connectivity index (χ0v) is 17.4. The summed E-state index contributed by atoms with van der Waals surface area (Å²) < 4.78 is 42.4. The first kappa shape index (κ1) is 23.2. The number of fused-ring (bicyclic) bond motifs is 1. The molecular formula is C23H22F3NO5. The first-order valence-corrected chi connectivity index (χ1v) is 10.0. The lowest BCUT2D eigenvalue weighted by Crippen LogP contribution is -2.18. The molecule has 2 N–H and O–H groups in total. The van der Waals surface area contributed by atoms with Crippen LogP contribution in [0.5, 0.6) is 11.5 Å². The number of unbranched alkanes of at least 4 members (excludes halogenated alkanes) is 1. The number of carboxylic acid groups (broad SMARTS) is 1. The molecular weight excluding hydrogens is 427 g/mol. The van der Waals surface area contributed by atoms with Gasteiger partial charge in [0.2, 0.25) is 0 Å². The Hall–Kier alpha value is -3.49. The Kier molecular flexibility index (Phi) is 6.47. The van der Waals surface area contributed by atoms with Crippen molar-refractivity contribution >= 4 is 22.8 Å². The number of aromatic nitrogens is 1. The number of carboxylic acids is 1. The number of aromatic hydroxyl groups is 1. The van der Waals surface area contributed by atoms with E-state index in [1.807, 2.05) is 6.92 Å². The number of rotatable bonds is 7. The van der Waals surface area contributed by atoms with Crippen LogP contribution in [0.25, 0.3) is 10.9 Å². The van der Waals surface area contributed by atoms with E-state index in [-0.39, 0.29) is 11.3 Å². The number of benzene rings is 2. The van der Waals surface area contributed by atoms with Crippen LogP contribution in [0.2, 0.25) is 0 Å². The third-order valence-corrected chi connectivity index (χ3v) is 5.27. The Morgan fingerprint density at radius 3 is 2.34 bits per heavy atom. The molecule has 1 atom stereocenters. The molecule has 0 radical (unpaired) electrons. The van der Waals surface area contributed by atoms with Gasteiger partial charge in [-0.2, -0.15) is 0 Å². The Bertz CT molecular complexity index is 1150. The SMILES string of the molecule is CCCCC(C(=O)O)c1c(C)n(C(=O)c2ccc(OC(F)(F)F)cc2)c2ccc(O)cc12. The Labute approximate surface area is 181 Å². The number of aliphatic carboxylic acids is 1. The van der Waals surface area contributed by atoms with E-state index in [0.717, 1.165) is 18.6 Å². The third kappa shape index (κ3) is 4.71. The lowest BCUT2D eigenvalue weighted by atomic mass is 9.91. The molecule has 0 saturated heterocycles. The van der Waals surface area contributed by atoms with E-state index in [1.54, 1.807) is 6.92 Å². The van der Waals surface area contributed by atoms with E-state index < -0.39 is 29.9 Å². The highest BCUT2D eigenvalue weighted by molar-refractivity contribution is 6.05. The number of nitrogens with zero attached hydrogens (tertiary/aromatic N) is 1. The standard InChI is InChI=1S/C23H22F3NO5/c1-3-4-5-17(22(30)31)20-13(2)27(19-11-8-15(28)12-18(19)20)21(29)14-6-9-16(10-7-14)32-23(24,25)26/h6-12,17,28H,3-5H2,1-2H3,(H,30,31). The summed E-state index contributed by atoms with van der Waals surface area (Å²) >= 11 is 0. The molecule has 0 amide bonds. The average molecular weight is 449 g/mol. The second-order valence-electron chi connectivity index (χ2n) is 7.45. The maximum absolute atomic E-state index is 13.3. The van der Waals surface area contributed by atoms with Gasteiger partial charge >= 0.3 is 12.3 Å². The van der Waals surface area contributed by atoms with Crippen LogP contribution >= 0.6 is 0 Å². The van der Waals surface area contributed by atoms with Gasteiger partial charge in [0.25, 0.3) is 5.91 Å². The molecule has 1 aromatic heterocycles. The Morgan fingerprint density at radius 1 is 1.12 bits per heavy atom. The third-order valence-electron chi connectivity index (χ3n) is 5.27. The zero-order chi connectivity index (χ0) is 23.6. The molecule has 3 aromatic rings. The van der Waals surface area contributed by atoms with Crippen LogP contribution in [-0.4, -0.2) is 33.0 Å². The number of carbonyl (C=O) groups excluding carboxylic acids is 1. The fourth-order valence-corrected chi connectivity index (χ4v) is 3.86. The van der Waals surface area contributed by atoms with Crippen molar-refractivity contribution in [3.05, 3.63) is 59.3 Å². The fraction of sp³-hybridized carbons (Fsp3) is 0.304. The molecule has 0 saturated carbocycles. The van der Waals surface area contributed by atoms with Gasteiger partial charge in [-0.1, -0.05) is 19.8 Å². The van der Waals surface area contributed by atoms with Crippen molar-refractivity contribution in [1.82, 2.24) is 4.57 Å². The molecule has 2 aromatic carbocycles. The van der Waals surface area contributed by atoms with Gasteiger partial charge in [-0.25, -0.2) is 0 Å². The summed E-state index contributed by atoms with van der Waals surface area (Å²) in [6.07, 6.45) is -3.03. The highest BCUT2D eigenvalue weighted by Crippen LogP contribution is 2.37. The number of hydrogen-bond donors (Lipinski definition) is 2. The van der Waals surface area contributed by atoms with Crippen LogP contribution in [0.15, 0.2) is 42.5 Å². The molecule has 6 nitrogen and oxygen atoms in total. The molecule has 0 spiro atoms. The van der Waals surface area contributed by atoms with Gasteiger partial charge < -0.3 is 14.9 Å². The number of phenols is 1. The molecule has 0 fully saturated rings.